The number of hydrogen-bond donors (Lipinski definition) is 3. The SMILES string of the molecule is NC(=S)Nc1cc(-c2ccccc2)ccc1O. The molecule has 2 aromatic carbocycles. The smallest absolute Gasteiger partial charge is 0.168 e. The number of phenols is 1. The Kier molecular flexibility index (Phi) is 3.25. The van der Waals surface area contributed by atoms with Gasteiger partial charge in [0.25, 0.3) is 0 Å². The van der Waals surface area contributed by atoms with Gasteiger partial charge in [0.2, 0.25) is 0 Å². The van der Waals surface area contributed by atoms with Gasteiger partial charge in [-0.15, -0.1) is 0 Å². The minimum Gasteiger partial charge on any atom is -0.506 e. The van der Waals surface area contributed by atoms with E-state index >= 15 is 0 Å². The van der Waals surface area contributed by atoms with Crippen LogP contribution in [0.2, 0.25) is 0 Å². The summed E-state index contributed by atoms with van der Waals surface area (Å²) in [6.07, 6.45) is 0. The highest BCUT2D eigenvalue weighted by Crippen LogP contribution is 2.29. The van der Waals surface area contributed by atoms with E-state index in [0.29, 0.717) is 5.69 Å². The van der Waals surface area contributed by atoms with Gasteiger partial charge >= 0.3 is 0 Å². The molecule has 3 nitrogen and oxygen atoms in total. The Bertz CT molecular complexity index is 540. The Labute approximate surface area is 105 Å². The van der Waals surface area contributed by atoms with E-state index < -0.39 is 0 Å². The third-order valence-electron chi connectivity index (χ3n) is 2.36. The van der Waals surface area contributed by atoms with Gasteiger partial charge in [-0.1, -0.05) is 36.4 Å². The lowest BCUT2D eigenvalue weighted by Crippen LogP contribution is -2.18. The number of benzene rings is 2. The number of hydrogen-bond acceptors (Lipinski definition) is 2. The van der Waals surface area contributed by atoms with Crippen LogP contribution in [0.5, 0.6) is 5.75 Å². The molecule has 0 unspecified atom stereocenters. The largest absolute Gasteiger partial charge is 0.506 e. The van der Waals surface area contributed by atoms with Crippen molar-refractivity contribution in [3.8, 4) is 16.9 Å². The lowest BCUT2D eigenvalue weighted by molar-refractivity contribution is 0.478. The fourth-order valence-corrected chi connectivity index (χ4v) is 1.69. The van der Waals surface area contributed by atoms with Crippen molar-refractivity contribution in [1.82, 2.24) is 0 Å². The second-order valence-electron chi connectivity index (χ2n) is 3.59. The normalized spacial score (nSPS) is 9.88. The number of phenolic OH excluding ortho intramolecular Hbond substituents is 1. The Balaban J connectivity index is 2.41. The molecule has 0 saturated heterocycles. The van der Waals surface area contributed by atoms with Crippen molar-refractivity contribution in [2.75, 3.05) is 5.32 Å². The van der Waals surface area contributed by atoms with Crippen molar-refractivity contribution < 1.29 is 5.11 Å². The topological polar surface area (TPSA) is 58.3 Å². The monoisotopic (exact) mass is 244 g/mol. The highest BCUT2D eigenvalue weighted by Gasteiger charge is 2.04. The zero-order valence-electron chi connectivity index (χ0n) is 9.05. The Hall–Kier alpha value is -2.07. The van der Waals surface area contributed by atoms with Crippen LogP contribution < -0.4 is 11.1 Å². The number of nitrogens with one attached hydrogen (secondary N) is 1. The van der Waals surface area contributed by atoms with Crippen LogP contribution in [0, 0.1) is 0 Å². The van der Waals surface area contributed by atoms with E-state index in [-0.39, 0.29) is 10.9 Å². The molecule has 17 heavy (non-hydrogen) atoms. The van der Waals surface area contributed by atoms with E-state index in [2.05, 4.69) is 5.32 Å². The molecule has 0 atom stereocenters. The van der Waals surface area contributed by atoms with Crippen molar-refractivity contribution in [2.24, 2.45) is 5.73 Å². The van der Waals surface area contributed by atoms with E-state index in [1.807, 2.05) is 42.5 Å². The van der Waals surface area contributed by atoms with Gasteiger partial charge in [0.15, 0.2) is 5.11 Å². The Morgan fingerprint density at radius 3 is 2.41 bits per heavy atom. The summed E-state index contributed by atoms with van der Waals surface area (Å²) in [5.74, 6) is 0.123. The molecule has 4 heteroatoms. The molecule has 0 amide bonds. The molecule has 0 aliphatic rings. The summed E-state index contributed by atoms with van der Waals surface area (Å²) >= 11 is 4.75. The highest BCUT2D eigenvalue weighted by molar-refractivity contribution is 7.80. The molecule has 0 bridgehead atoms. The molecule has 0 spiro atoms. The lowest BCUT2D eigenvalue weighted by Gasteiger charge is -2.09. The third-order valence-corrected chi connectivity index (χ3v) is 2.46. The molecule has 0 saturated carbocycles. The van der Waals surface area contributed by atoms with Gasteiger partial charge in [0.1, 0.15) is 5.75 Å². The van der Waals surface area contributed by atoms with Crippen LogP contribution in [0.3, 0.4) is 0 Å². The summed E-state index contributed by atoms with van der Waals surface area (Å²) in [7, 11) is 0. The van der Waals surface area contributed by atoms with Gasteiger partial charge in [-0.25, -0.2) is 0 Å². The van der Waals surface area contributed by atoms with E-state index in [9.17, 15) is 5.11 Å². The molecular weight excluding hydrogens is 232 g/mol. The van der Waals surface area contributed by atoms with Crippen LogP contribution in [-0.4, -0.2) is 10.2 Å². The van der Waals surface area contributed by atoms with Gasteiger partial charge < -0.3 is 16.2 Å². The van der Waals surface area contributed by atoms with Crippen molar-refractivity contribution >= 4 is 23.0 Å². The summed E-state index contributed by atoms with van der Waals surface area (Å²) in [6.45, 7) is 0. The first-order valence-electron chi connectivity index (χ1n) is 5.12. The van der Waals surface area contributed by atoms with Gasteiger partial charge in [0.05, 0.1) is 5.69 Å². The van der Waals surface area contributed by atoms with Crippen molar-refractivity contribution in [3.05, 3.63) is 48.5 Å². The van der Waals surface area contributed by atoms with E-state index in [1.165, 1.54) is 0 Å². The third kappa shape index (κ3) is 2.73. The Morgan fingerprint density at radius 2 is 1.76 bits per heavy atom. The first kappa shape index (κ1) is 11.4. The standard InChI is InChI=1S/C13H12N2OS/c14-13(17)15-11-8-10(6-7-12(11)16)9-4-2-1-3-5-9/h1-8,16H,(H3,14,15,17). The number of thiocarbonyl (C=S) groups is 1. The summed E-state index contributed by atoms with van der Waals surface area (Å²) < 4.78 is 0. The van der Waals surface area contributed by atoms with Crippen LogP contribution in [-0.2, 0) is 0 Å². The van der Waals surface area contributed by atoms with Gasteiger partial charge in [-0.3, -0.25) is 0 Å². The summed E-state index contributed by atoms with van der Waals surface area (Å²) in [5, 5.41) is 12.5. The molecule has 0 aliphatic carbocycles. The van der Waals surface area contributed by atoms with Gasteiger partial charge in [0, 0.05) is 0 Å². The van der Waals surface area contributed by atoms with E-state index in [1.54, 1.807) is 6.07 Å². The summed E-state index contributed by atoms with van der Waals surface area (Å²) in [4.78, 5) is 0. The molecule has 0 aromatic heterocycles. The quantitative estimate of drug-likeness (QED) is 0.561. The molecule has 4 N–H and O–H groups in total. The van der Waals surface area contributed by atoms with Crippen LogP contribution in [0.1, 0.15) is 0 Å². The predicted molar refractivity (Wildman–Crippen MR) is 74.0 cm³/mol. The molecule has 86 valence electrons. The van der Waals surface area contributed by atoms with Crippen LogP contribution in [0.4, 0.5) is 5.69 Å². The maximum Gasteiger partial charge on any atom is 0.168 e. The van der Waals surface area contributed by atoms with Crippen molar-refractivity contribution in [1.29, 1.82) is 0 Å². The molecule has 0 fully saturated rings. The van der Waals surface area contributed by atoms with Crippen molar-refractivity contribution in [3.63, 3.8) is 0 Å². The molecule has 0 aliphatic heterocycles. The number of nitrogens with two attached hydrogens (primary N) is 1. The number of aromatic hydroxyl groups is 1. The van der Waals surface area contributed by atoms with Gasteiger partial charge in [-0.2, -0.15) is 0 Å². The number of anilines is 1. The fourth-order valence-electron chi connectivity index (χ4n) is 1.58. The summed E-state index contributed by atoms with van der Waals surface area (Å²) in [5.41, 5.74) is 7.96. The maximum absolute atomic E-state index is 9.65. The first-order chi connectivity index (χ1) is 8.16. The zero-order valence-corrected chi connectivity index (χ0v) is 9.87. The van der Waals surface area contributed by atoms with Crippen molar-refractivity contribution in [2.45, 2.75) is 0 Å². The maximum atomic E-state index is 9.65. The summed E-state index contributed by atoms with van der Waals surface area (Å²) in [6, 6.07) is 15.1. The zero-order chi connectivity index (χ0) is 12.3. The average Bonchev–Trinajstić information content (AvgIpc) is 2.32. The second kappa shape index (κ2) is 4.84. The molecular formula is C13H12N2OS. The first-order valence-corrected chi connectivity index (χ1v) is 5.52. The predicted octanol–water partition coefficient (Wildman–Crippen LogP) is 2.71. The lowest BCUT2D eigenvalue weighted by atomic mass is 10.0. The minimum atomic E-state index is 0.123. The van der Waals surface area contributed by atoms with Crippen LogP contribution >= 0.6 is 12.2 Å². The average molecular weight is 244 g/mol. The molecule has 2 aromatic rings. The van der Waals surface area contributed by atoms with Gasteiger partial charge in [-0.05, 0) is 35.5 Å². The van der Waals surface area contributed by atoms with Crippen LogP contribution in [0.15, 0.2) is 48.5 Å². The fraction of sp³-hybridized carbons (Fsp3) is 0. The molecule has 0 heterocycles. The number of rotatable bonds is 2. The van der Waals surface area contributed by atoms with Crippen LogP contribution in [0.25, 0.3) is 11.1 Å². The van der Waals surface area contributed by atoms with E-state index in [4.69, 9.17) is 18.0 Å². The Morgan fingerprint density at radius 1 is 1.06 bits per heavy atom. The van der Waals surface area contributed by atoms with E-state index in [0.717, 1.165) is 11.1 Å². The molecule has 2 rings (SSSR count). The molecule has 0 radical (unpaired) electrons. The minimum absolute atomic E-state index is 0.123. The second-order valence-corrected chi connectivity index (χ2v) is 4.03. The highest BCUT2D eigenvalue weighted by atomic mass is 32.1.